The van der Waals surface area contributed by atoms with Crippen LogP contribution in [0.15, 0.2) is 42.5 Å². The molecule has 0 aliphatic rings. The Bertz CT molecular complexity index is 806. The molecule has 3 heteroatoms. The molecule has 2 aromatic carbocycles. The molecule has 3 rings (SSSR count). The van der Waals surface area contributed by atoms with Gasteiger partial charge in [-0.25, -0.2) is 8.78 Å². The predicted octanol–water partition coefficient (Wildman–Crippen LogP) is 6.29. The van der Waals surface area contributed by atoms with Gasteiger partial charge in [0.25, 0.3) is 0 Å². The molecule has 0 spiro atoms. The summed E-state index contributed by atoms with van der Waals surface area (Å²) in [6.45, 7) is 5.80. The molecule has 0 amide bonds. The third kappa shape index (κ3) is 2.69. The Kier molecular flexibility index (Phi) is 3.83. The van der Waals surface area contributed by atoms with Gasteiger partial charge in [-0.05, 0) is 55.7 Å². The average Bonchev–Trinajstić information content (AvgIpc) is 2.77. The van der Waals surface area contributed by atoms with Gasteiger partial charge in [0.15, 0.2) is 0 Å². The lowest BCUT2D eigenvalue weighted by molar-refractivity contribution is 0.591. The first-order valence-corrected chi connectivity index (χ1v) is 7.91. The van der Waals surface area contributed by atoms with Gasteiger partial charge < -0.3 is 0 Å². The molecular weight excluding hydrogens is 298 g/mol. The molecule has 0 saturated carbocycles. The number of hydrogen-bond donors (Lipinski definition) is 0. The number of benzene rings is 2. The molecule has 0 saturated heterocycles. The van der Waals surface area contributed by atoms with E-state index in [1.54, 1.807) is 0 Å². The van der Waals surface area contributed by atoms with E-state index in [4.69, 9.17) is 0 Å². The molecule has 3 aromatic rings. The van der Waals surface area contributed by atoms with Crippen LogP contribution in [-0.2, 0) is 0 Å². The molecule has 0 N–H and O–H groups in total. The summed E-state index contributed by atoms with van der Waals surface area (Å²) in [5, 5.41) is 0. The summed E-state index contributed by atoms with van der Waals surface area (Å²) in [6.07, 6.45) is 0. The van der Waals surface area contributed by atoms with Crippen molar-refractivity contribution in [2.24, 2.45) is 0 Å². The maximum absolute atomic E-state index is 14.5. The summed E-state index contributed by atoms with van der Waals surface area (Å²) in [5.41, 5.74) is 3.47. The van der Waals surface area contributed by atoms with Crippen LogP contribution in [0.2, 0.25) is 0 Å². The van der Waals surface area contributed by atoms with E-state index < -0.39 is 11.6 Å². The topological polar surface area (TPSA) is 0 Å². The smallest absolute Gasteiger partial charge is 0.135 e. The standard InChI is InChI=1S/C19H16F2S/c1-11-4-6-14(7-5-11)15-9-16(20)18(17(21)10-15)19-12(2)8-13(3)22-19/h4-10H,1-3H3. The average molecular weight is 314 g/mol. The van der Waals surface area contributed by atoms with Gasteiger partial charge in [0.1, 0.15) is 11.6 Å². The molecule has 22 heavy (non-hydrogen) atoms. The minimum atomic E-state index is -0.513. The Balaban J connectivity index is 2.12. The number of rotatable bonds is 2. The van der Waals surface area contributed by atoms with Crippen molar-refractivity contribution in [2.75, 3.05) is 0 Å². The van der Waals surface area contributed by atoms with Crippen molar-refractivity contribution in [1.82, 2.24) is 0 Å². The van der Waals surface area contributed by atoms with Gasteiger partial charge in [-0.2, -0.15) is 0 Å². The first-order chi connectivity index (χ1) is 10.5. The van der Waals surface area contributed by atoms with E-state index >= 15 is 0 Å². The zero-order chi connectivity index (χ0) is 15.9. The first-order valence-electron chi connectivity index (χ1n) is 7.09. The summed E-state index contributed by atoms with van der Waals surface area (Å²) in [7, 11) is 0. The van der Waals surface area contributed by atoms with E-state index in [2.05, 4.69) is 0 Å². The van der Waals surface area contributed by atoms with Gasteiger partial charge in [0.05, 0.1) is 5.56 Å². The summed E-state index contributed by atoms with van der Waals surface area (Å²) in [4.78, 5) is 1.72. The maximum atomic E-state index is 14.5. The van der Waals surface area contributed by atoms with E-state index in [0.717, 1.165) is 21.6 Å². The third-order valence-corrected chi connectivity index (χ3v) is 4.87. The highest BCUT2D eigenvalue weighted by Gasteiger charge is 2.17. The van der Waals surface area contributed by atoms with Crippen molar-refractivity contribution < 1.29 is 8.78 Å². The van der Waals surface area contributed by atoms with E-state index in [9.17, 15) is 8.78 Å². The van der Waals surface area contributed by atoms with E-state index in [1.165, 1.54) is 23.5 Å². The van der Waals surface area contributed by atoms with Crippen LogP contribution in [0, 0.1) is 32.4 Å². The molecular formula is C19H16F2S. The highest BCUT2D eigenvalue weighted by atomic mass is 32.1. The monoisotopic (exact) mass is 314 g/mol. The number of aryl methyl sites for hydroxylation is 3. The van der Waals surface area contributed by atoms with Crippen molar-refractivity contribution >= 4 is 11.3 Å². The van der Waals surface area contributed by atoms with Crippen LogP contribution in [0.4, 0.5) is 8.78 Å². The van der Waals surface area contributed by atoms with Crippen LogP contribution < -0.4 is 0 Å². The second-order valence-electron chi connectivity index (χ2n) is 5.55. The van der Waals surface area contributed by atoms with Crippen molar-refractivity contribution in [3.05, 3.63) is 70.1 Å². The van der Waals surface area contributed by atoms with E-state index in [-0.39, 0.29) is 5.56 Å². The lowest BCUT2D eigenvalue weighted by Crippen LogP contribution is -1.92. The predicted molar refractivity (Wildman–Crippen MR) is 89.3 cm³/mol. The summed E-state index contributed by atoms with van der Waals surface area (Å²) >= 11 is 1.42. The lowest BCUT2D eigenvalue weighted by Gasteiger charge is -2.08. The Morgan fingerprint density at radius 3 is 1.86 bits per heavy atom. The second-order valence-corrected chi connectivity index (χ2v) is 6.81. The molecule has 0 radical (unpaired) electrons. The molecule has 1 heterocycles. The fraction of sp³-hybridized carbons (Fsp3) is 0.158. The lowest BCUT2D eigenvalue weighted by atomic mass is 10.0. The van der Waals surface area contributed by atoms with Gasteiger partial charge in [-0.1, -0.05) is 29.8 Å². The third-order valence-electron chi connectivity index (χ3n) is 3.70. The minimum Gasteiger partial charge on any atom is -0.206 e. The largest absolute Gasteiger partial charge is 0.206 e. The van der Waals surface area contributed by atoms with E-state index in [0.29, 0.717) is 10.4 Å². The van der Waals surface area contributed by atoms with Crippen molar-refractivity contribution in [3.8, 4) is 21.6 Å². The van der Waals surface area contributed by atoms with Gasteiger partial charge in [0.2, 0.25) is 0 Å². The highest BCUT2D eigenvalue weighted by molar-refractivity contribution is 7.15. The van der Waals surface area contributed by atoms with Crippen LogP contribution in [-0.4, -0.2) is 0 Å². The summed E-state index contributed by atoms with van der Waals surface area (Å²) in [5.74, 6) is -1.03. The highest BCUT2D eigenvalue weighted by Crippen LogP contribution is 2.37. The Morgan fingerprint density at radius 1 is 0.773 bits per heavy atom. The second kappa shape index (κ2) is 5.65. The number of hydrogen-bond acceptors (Lipinski definition) is 1. The molecule has 0 bridgehead atoms. The Labute approximate surface area is 133 Å². The molecule has 112 valence electrons. The van der Waals surface area contributed by atoms with Crippen molar-refractivity contribution in [3.63, 3.8) is 0 Å². The molecule has 0 aliphatic heterocycles. The first kappa shape index (κ1) is 14.9. The number of thiophene rings is 1. The van der Waals surface area contributed by atoms with Crippen LogP contribution in [0.1, 0.15) is 16.0 Å². The van der Waals surface area contributed by atoms with Gasteiger partial charge in [0, 0.05) is 9.75 Å². The van der Waals surface area contributed by atoms with E-state index in [1.807, 2.05) is 51.1 Å². The van der Waals surface area contributed by atoms with Crippen LogP contribution >= 0.6 is 11.3 Å². The van der Waals surface area contributed by atoms with Gasteiger partial charge in [-0.3, -0.25) is 0 Å². The van der Waals surface area contributed by atoms with Crippen LogP contribution in [0.5, 0.6) is 0 Å². The Morgan fingerprint density at radius 2 is 1.36 bits per heavy atom. The fourth-order valence-electron chi connectivity index (χ4n) is 2.59. The fourth-order valence-corrected chi connectivity index (χ4v) is 3.67. The van der Waals surface area contributed by atoms with Gasteiger partial charge >= 0.3 is 0 Å². The molecule has 0 fully saturated rings. The van der Waals surface area contributed by atoms with Crippen molar-refractivity contribution in [1.29, 1.82) is 0 Å². The zero-order valence-electron chi connectivity index (χ0n) is 12.7. The molecule has 1 aromatic heterocycles. The quantitative estimate of drug-likeness (QED) is 0.522. The molecule has 0 aliphatic carbocycles. The van der Waals surface area contributed by atoms with Crippen LogP contribution in [0.25, 0.3) is 21.6 Å². The molecule has 0 atom stereocenters. The SMILES string of the molecule is Cc1ccc(-c2cc(F)c(-c3sc(C)cc3C)c(F)c2)cc1. The Hall–Kier alpha value is -2.00. The number of halogens is 2. The maximum Gasteiger partial charge on any atom is 0.135 e. The van der Waals surface area contributed by atoms with Crippen LogP contribution in [0.3, 0.4) is 0 Å². The normalized spacial score (nSPS) is 11.0. The van der Waals surface area contributed by atoms with Gasteiger partial charge in [-0.15, -0.1) is 11.3 Å². The van der Waals surface area contributed by atoms with Crippen molar-refractivity contribution in [2.45, 2.75) is 20.8 Å². The summed E-state index contributed by atoms with van der Waals surface area (Å²) < 4.78 is 29.0. The molecule has 0 nitrogen and oxygen atoms in total. The minimum absolute atomic E-state index is 0.0754. The molecule has 0 unspecified atom stereocenters. The zero-order valence-corrected chi connectivity index (χ0v) is 13.5. The summed E-state index contributed by atoms with van der Waals surface area (Å²) in [6, 6.07) is 12.4.